The molecular weight excluding hydrogens is 256 g/mol. The molecule has 0 aromatic heterocycles. The Bertz CT molecular complexity index is 334. The number of carbonyl (C=O) groups is 2. The molecule has 1 amide bonds. The molecule has 20 heavy (non-hydrogen) atoms. The van der Waals surface area contributed by atoms with E-state index in [-0.39, 0.29) is 23.8 Å². The van der Waals surface area contributed by atoms with Gasteiger partial charge < -0.3 is 15.4 Å². The molecule has 114 valence electrons. The molecule has 0 bridgehead atoms. The van der Waals surface area contributed by atoms with E-state index in [1.165, 1.54) is 12.8 Å². The first kappa shape index (κ1) is 15.3. The number of carbonyl (C=O) groups excluding carboxylic acids is 2. The monoisotopic (exact) mass is 282 g/mol. The van der Waals surface area contributed by atoms with Gasteiger partial charge in [0.15, 0.2) is 0 Å². The van der Waals surface area contributed by atoms with Crippen molar-refractivity contribution in [1.82, 2.24) is 10.6 Å². The molecule has 0 atom stereocenters. The summed E-state index contributed by atoms with van der Waals surface area (Å²) >= 11 is 0. The van der Waals surface area contributed by atoms with Gasteiger partial charge in [-0.25, -0.2) is 0 Å². The van der Waals surface area contributed by atoms with E-state index in [1.54, 1.807) is 0 Å². The number of esters is 1. The van der Waals surface area contributed by atoms with Crippen LogP contribution in [0.2, 0.25) is 0 Å². The fourth-order valence-corrected chi connectivity index (χ4v) is 2.72. The van der Waals surface area contributed by atoms with Gasteiger partial charge in [0, 0.05) is 6.04 Å². The van der Waals surface area contributed by atoms with Gasteiger partial charge in [-0.15, -0.1) is 0 Å². The lowest BCUT2D eigenvalue weighted by Crippen LogP contribution is -2.43. The molecule has 2 N–H and O–H groups in total. The van der Waals surface area contributed by atoms with Crippen LogP contribution in [0.5, 0.6) is 0 Å². The molecule has 2 aliphatic rings. The van der Waals surface area contributed by atoms with E-state index in [9.17, 15) is 9.59 Å². The summed E-state index contributed by atoms with van der Waals surface area (Å²) in [5, 5.41) is 6.25. The first-order valence-corrected chi connectivity index (χ1v) is 7.85. The Morgan fingerprint density at radius 3 is 2.40 bits per heavy atom. The molecule has 0 spiro atoms. The number of hydrogen-bond donors (Lipinski definition) is 2. The quantitative estimate of drug-likeness (QED) is 0.689. The summed E-state index contributed by atoms with van der Waals surface area (Å²) in [6.45, 7) is 3.65. The summed E-state index contributed by atoms with van der Waals surface area (Å²) in [5.41, 5.74) is 0. The zero-order valence-corrected chi connectivity index (χ0v) is 12.3. The normalized spacial score (nSPS) is 26.1. The number of rotatable bonds is 7. The zero-order chi connectivity index (χ0) is 14.4. The standard InChI is InChI=1S/C15H26N2O3/c1-2-20-15(19)12-5-7-13(8-6-12)17-14(18)10-16-9-11-3-4-11/h11-13,16H,2-10H2,1H3,(H,17,18). The highest BCUT2D eigenvalue weighted by Crippen LogP contribution is 2.27. The van der Waals surface area contributed by atoms with Gasteiger partial charge in [-0.3, -0.25) is 9.59 Å². The van der Waals surface area contributed by atoms with Crippen LogP contribution in [0.1, 0.15) is 45.4 Å². The first-order chi connectivity index (χ1) is 9.69. The van der Waals surface area contributed by atoms with Crippen molar-refractivity contribution in [3.05, 3.63) is 0 Å². The van der Waals surface area contributed by atoms with Crippen LogP contribution in [-0.2, 0) is 14.3 Å². The first-order valence-electron chi connectivity index (χ1n) is 7.85. The van der Waals surface area contributed by atoms with Crippen LogP contribution in [0.25, 0.3) is 0 Å². The minimum absolute atomic E-state index is 0.0242. The Labute approximate surface area is 120 Å². The fraction of sp³-hybridized carbons (Fsp3) is 0.867. The minimum atomic E-state index is -0.0802. The number of nitrogens with one attached hydrogen (secondary N) is 2. The maximum Gasteiger partial charge on any atom is 0.308 e. The Hall–Kier alpha value is -1.10. The third-order valence-electron chi connectivity index (χ3n) is 4.13. The third kappa shape index (κ3) is 5.12. The molecule has 2 saturated carbocycles. The van der Waals surface area contributed by atoms with Crippen LogP contribution in [0.3, 0.4) is 0 Å². The van der Waals surface area contributed by atoms with E-state index in [4.69, 9.17) is 4.74 Å². The van der Waals surface area contributed by atoms with Crippen molar-refractivity contribution in [2.45, 2.75) is 51.5 Å². The van der Waals surface area contributed by atoms with Crippen molar-refractivity contribution in [3.63, 3.8) is 0 Å². The summed E-state index contributed by atoms with van der Waals surface area (Å²) in [4.78, 5) is 23.4. The number of ether oxygens (including phenoxy) is 1. The highest BCUT2D eigenvalue weighted by molar-refractivity contribution is 5.78. The average Bonchev–Trinajstić information content (AvgIpc) is 3.24. The van der Waals surface area contributed by atoms with E-state index in [0.717, 1.165) is 38.1 Å². The number of hydrogen-bond acceptors (Lipinski definition) is 4. The van der Waals surface area contributed by atoms with Crippen LogP contribution >= 0.6 is 0 Å². The molecule has 0 aromatic carbocycles. The van der Waals surface area contributed by atoms with E-state index in [2.05, 4.69) is 10.6 Å². The highest BCUT2D eigenvalue weighted by atomic mass is 16.5. The van der Waals surface area contributed by atoms with Crippen molar-refractivity contribution < 1.29 is 14.3 Å². The van der Waals surface area contributed by atoms with E-state index >= 15 is 0 Å². The molecule has 5 nitrogen and oxygen atoms in total. The van der Waals surface area contributed by atoms with Crippen LogP contribution in [0.15, 0.2) is 0 Å². The molecule has 0 aliphatic heterocycles. The van der Waals surface area contributed by atoms with Crippen LogP contribution in [-0.4, -0.2) is 37.6 Å². The van der Waals surface area contributed by atoms with E-state index < -0.39 is 0 Å². The number of amides is 1. The molecule has 0 unspecified atom stereocenters. The van der Waals surface area contributed by atoms with Crippen LogP contribution in [0, 0.1) is 11.8 Å². The van der Waals surface area contributed by atoms with Gasteiger partial charge in [0.2, 0.25) is 5.91 Å². The Balaban J connectivity index is 1.58. The molecule has 0 aromatic rings. The molecule has 2 rings (SSSR count). The lowest BCUT2D eigenvalue weighted by atomic mass is 9.86. The molecular formula is C15H26N2O3. The second kappa shape index (κ2) is 7.62. The molecule has 0 radical (unpaired) electrons. The van der Waals surface area contributed by atoms with Crippen molar-refractivity contribution >= 4 is 11.9 Å². The van der Waals surface area contributed by atoms with Gasteiger partial charge in [0.25, 0.3) is 0 Å². The van der Waals surface area contributed by atoms with Gasteiger partial charge in [-0.1, -0.05) is 0 Å². The second-order valence-electron chi connectivity index (χ2n) is 5.94. The zero-order valence-electron chi connectivity index (χ0n) is 12.3. The predicted octanol–water partition coefficient (Wildman–Crippen LogP) is 1.22. The van der Waals surface area contributed by atoms with Gasteiger partial charge in [0.1, 0.15) is 0 Å². The maximum atomic E-state index is 11.8. The topological polar surface area (TPSA) is 67.4 Å². The highest BCUT2D eigenvalue weighted by Gasteiger charge is 2.28. The summed E-state index contributed by atoms with van der Waals surface area (Å²) in [6.07, 6.45) is 5.98. The SMILES string of the molecule is CCOC(=O)C1CCC(NC(=O)CNCC2CC2)CC1. The van der Waals surface area contributed by atoms with Gasteiger partial charge in [-0.2, -0.15) is 0 Å². The molecule has 5 heteroatoms. The van der Waals surface area contributed by atoms with Crippen molar-refractivity contribution in [2.24, 2.45) is 11.8 Å². The van der Waals surface area contributed by atoms with Crippen LogP contribution in [0.4, 0.5) is 0 Å². The van der Waals surface area contributed by atoms with Crippen molar-refractivity contribution in [3.8, 4) is 0 Å². The maximum absolute atomic E-state index is 11.8. The molecule has 2 fully saturated rings. The minimum Gasteiger partial charge on any atom is -0.466 e. The Kier molecular flexibility index (Phi) is 5.83. The second-order valence-corrected chi connectivity index (χ2v) is 5.94. The van der Waals surface area contributed by atoms with Crippen molar-refractivity contribution in [2.75, 3.05) is 19.7 Å². The lowest BCUT2D eigenvalue weighted by Gasteiger charge is -2.27. The fourth-order valence-electron chi connectivity index (χ4n) is 2.72. The average molecular weight is 282 g/mol. The summed E-state index contributed by atoms with van der Waals surface area (Å²) in [5.74, 6) is 0.813. The van der Waals surface area contributed by atoms with E-state index in [1.807, 2.05) is 6.92 Å². The molecule has 0 heterocycles. The van der Waals surface area contributed by atoms with Gasteiger partial charge >= 0.3 is 5.97 Å². The van der Waals surface area contributed by atoms with Gasteiger partial charge in [-0.05, 0) is 57.9 Å². The third-order valence-corrected chi connectivity index (χ3v) is 4.13. The van der Waals surface area contributed by atoms with E-state index in [0.29, 0.717) is 13.2 Å². The largest absolute Gasteiger partial charge is 0.466 e. The summed E-state index contributed by atoms with van der Waals surface area (Å²) < 4.78 is 5.04. The van der Waals surface area contributed by atoms with Crippen LogP contribution < -0.4 is 10.6 Å². The summed E-state index contributed by atoms with van der Waals surface area (Å²) in [7, 11) is 0. The Morgan fingerprint density at radius 2 is 1.80 bits per heavy atom. The Morgan fingerprint density at radius 1 is 1.10 bits per heavy atom. The van der Waals surface area contributed by atoms with Crippen molar-refractivity contribution in [1.29, 1.82) is 0 Å². The summed E-state index contributed by atoms with van der Waals surface area (Å²) in [6, 6.07) is 0.218. The smallest absolute Gasteiger partial charge is 0.308 e. The predicted molar refractivity (Wildman–Crippen MR) is 76.1 cm³/mol. The molecule has 0 saturated heterocycles. The molecule has 2 aliphatic carbocycles. The lowest BCUT2D eigenvalue weighted by molar-refractivity contribution is -0.149. The van der Waals surface area contributed by atoms with Gasteiger partial charge in [0.05, 0.1) is 19.1 Å².